The number of hydrogen-bond donors (Lipinski definition) is 2. The molecule has 0 spiro atoms. The molecule has 3 rings (SSSR count). The number of aryl methyl sites for hydroxylation is 1. The van der Waals surface area contributed by atoms with Crippen LogP contribution in [-0.2, 0) is 38.6 Å². The van der Waals surface area contributed by atoms with Gasteiger partial charge in [-0.25, -0.2) is 9.59 Å². The van der Waals surface area contributed by atoms with Crippen LogP contribution in [0.25, 0.3) is 0 Å². The van der Waals surface area contributed by atoms with Gasteiger partial charge in [0, 0.05) is 13.0 Å². The summed E-state index contributed by atoms with van der Waals surface area (Å²) < 4.78 is 10.4. The minimum absolute atomic E-state index is 0.0706. The van der Waals surface area contributed by atoms with E-state index in [1.807, 2.05) is 91.9 Å². The molecular weight excluding hydrogens is 432 g/mol. The second kappa shape index (κ2) is 12.8. The number of nitrogens with one attached hydrogen (secondary N) is 2. The van der Waals surface area contributed by atoms with E-state index in [1.165, 1.54) is 0 Å². The molecule has 34 heavy (non-hydrogen) atoms. The molecule has 0 saturated carbocycles. The summed E-state index contributed by atoms with van der Waals surface area (Å²) in [6, 6.07) is 25.2. The summed E-state index contributed by atoms with van der Waals surface area (Å²) in [5.41, 5.74) is 3.72. The molecular formula is C27H28N2O5. The Morgan fingerprint density at radius 2 is 1.38 bits per heavy atom. The standard InChI is InChI=1S/C27H28N2O5/c1-20-12-14-22(15-13-20)17-28-25(30)19-33-26(31)24(16-21-8-4-2-5-9-21)29-27(32)34-18-23-10-6-3-7-11-23/h2-15,24H,16-19H2,1H3,(H,28,30)(H,29,32)/t24-/m0/s1. The molecule has 7 nitrogen and oxygen atoms in total. The number of amides is 2. The molecule has 7 heteroatoms. The predicted molar refractivity (Wildman–Crippen MR) is 128 cm³/mol. The van der Waals surface area contributed by atoms with E-state index < -0.39 is 30.6 Å². The van der Waals surface area contributed by atoms with Gasteiger partial charge < -0.3 is 20.1 Å². The number of alkyl carbamates (subject to hydrolysis) is 1. The second-order valence-corrected chi connectivity index (χ2v) is 7.82. The summed E-state index contributed by atoms with van der Waals surface area (Å²) in [6.07, 6.45) is -0.545. The van der Waals surface area contributed by atoms with Crippen molar-refractivity contribution in [1.29, 1.82) is 0 Å². The van der Waals surface area contributed by atoms with Gasteiger partial charge in [-0.05, 0) is 23.6 Å². The molecule has 3 aromatic carbocycles. The lowest BCUT2D eigenvalue weighted by Gasteiger charge is -2.18. The summed E-state index contributed by atoms with van der Waals surface area (Å²) in [5, 5.41) is 5.27. The van der Waals surface area contributed by atoms with Crippen molar-refractivity contribution in [2.24, 2.45) is 0 Å². The van der Waals surface area contributed by atoms with E-state index >= 15 is 0 Å². The monoisotopic (exact) mass is 460 g/mol. The van der Waals surface area contributed by atoms with Crippen LogP contribution in [0.2, 0.25) is 0 Å². The van der Waals surface area contributed by atoms with Crippen molar-refractivity contribution in [3.63, 3.8) is 0 Å². The van der Waals surface area contributed by atoms with Gasteiger partial charge in [0.15, 0.2) is 6.61 Å². The van der Waals surface area contributed by atoms with Gasteiger partial charge >= 0.3 is 12.1 Å². The first-order chi connectivity index (χ1) is 16.5. The molecule has 0 radical (unpaired) electrons. The number of hydrogen-bond acceptors (Lipinski definition) is 5. The van der Waals surface area contributed by atoms with Crippen LogP contribution in [0.5, 0.6) is 0 Å². The van der Waals surface area contributed by atoms with E-state index in [4.69, 9.17) is 9.47 Å². The number of rotatable bonds is 10. The average molecular weight is 461 g/mol. The minimum Gasteiger partial charge on any atom is -0.454 e. The topological polar surface area (TPSA) is 93.7 Å². The van der Waals surface area contributed by atoms with Crippen molar-refractivity contribution < 1.29 is 23.9 Å². The molecule has 0 unspecified atom stereocenters. The Morgan fingerprint density at radius 1 is 0.765 bits per heavy atom. The molecule has 3 aromatic rings. The van der Waals surface area contributed by atoms with Crippen molar-refractivity contribution in [3.05, 3.63) is 107 Å². The zero-order valence-corrected chi connectivity index (χ0v) is 19.0. The van der Waals surface area contributed by atoms with Gasteiger partial charge in [0.05, 0.1) is 0 Å². The lowest BCUT2D eigenvalue weighted by Crippen LogP contribution is -2.44. The molecule has 1 atom stereocenters. The molecule has 0 aliphatic rings. The summed E-state index contributed by atoms with van der Waals surface area (Å²) in [4.78, 5) is 37.2. The molecule has 2 amide bonds. The third kappa shape index (κ3) is 8.43. The van der Waals surface area contributed by atoms with Crippen LogP contribution in [0, 0.1) is 6.92 Å². The third-order valence-electron chi connectivity index (χ3n) is 5.03. The molecule has 0 bridgehead atoms. The zero-order valence-electron chi connectivity index (χ0n) is 19.0. The number of esters is 1. The first-order valence-corrected chi connectivity index (χ1v) is 11.0. The van der Waals surface area contributed by atoms with Crippen molar-refractivity contribution in [1.82, 2.24) is 10.6 Å². The van der Waals surface area contributed by atoms with Crippen LogP contribution in [0.3, 0.4) is 0 Å². The Bertz CT molecular complexity index is 1070. The Morgan fingerprint density at radius 3 is 2.03 bits per heavy atom. The highest BCUT2D eigenvalue weighted by atomic mass is 16.6. The Labute approximate surface area is 199 Å². The highest BCUT2D eigenvalue weighted by Gasteiger charge is 2.24. The number of carbonyl (C=O) groups is 3. The smallest absolute Gasteiger partial charge is 0.408 e. The Kier molecular flexibility index (Phi) is 9.22. The largest absolute Gasteiger partial charge is 0.454 e. The van der Waals surface area contributed by atoms with Crippen LogP contribution >= 0.6 is 0 Å². The highest BCUT2D eigenvalue weighted by Crippen LogP contribution is 2.07. The van der Waals surface area contributed by atoms with Gasteiger partial charge in [-0.3, -0.25) is 4.79 Å². The normalized spacial score (nSPS) is 11.2. The van der Waals surface area contributed by atoms with Crippen molar-refractivity contribution in [3.8, 4) is 0 Å². The molecule has 0 aliphatic carbocycles. The second-order valence-electron chi connectivity index (χ2n) is 7.82. The lowest BCUT2D eigenvalue weighted by molar-refractivity contribution is -0.150. The first kappa shape index (κ1) is 24.5. The Hall–Kier alpha value is -4.13. The number of carbonyl (C=O) groups excluding carboxylic acids is 3. The minimum atomic E-state index is -1.00. The summed E-state index contributed by atoms with van der Waals surface area (Å²) in [7, 11) is 0. The maximum atomic E-state index is 12.7. The molecule has 0 heterocycles. The van der Waals surface area contributed by atoms with Gasteiger partial charge in [0.25, 0.3) is 5.91 Å². The fourth-order valence-corrected chi connectivity index (χ4v) is 3.15. The maximum absolute atomic E-state index is 12.7. The molecule has 0 aliphatic heterocycles. The molecule has 0 aromatic heterocycles. The average Bonchev–Trinajstić information content (AvgIpc) is 2.86. The molecule has 2 N–H and O–H groups in total. The van der Waals surface area contributed by atoms with E-state index in [2.05, 4.69) is 10.6 Å². The molecule has 0 fully saturated rings. The summed E-state index contributed by atoms with van der Waals surface area (Å²) >= 11 is 0. The highest BCUT2D eigenvalue weighted by molar-refractivity contribution is 5.85. The van der Waals surface area contributed by atoms with Crippen LogP contribution in [0.15, 0.2) is 84.9 Å². The van der Waals surface area contributed by atoms with Gasteiger partial charge in [-0.1, -0.05) is 90.5 Å². The summed E-state index contributed by atoms with van der Waals surface area (Å²) in [6.45, 7) is 1.94. The van der Waals surface area contributed by atoms with Crippen molar-refractivity contribution in [2.45, 2.75) is 32.5 Å². The van der Waals surface area contributed by atoms with Gasteiger partial charge in [-0.2, -0.15) is 0 Å². The van der Waals surface area contributed by atoms with E-state index in [-0.39, 0.29) is 13.0 Å². The Balaban J connectivity index is 1.52. The van der Waals surface area contributed by atoms with Gasteiger partial charge in [-0.15, -0.1) is 0 Å². The van der Waals surface area contributed by atoms with Crippen molar-refractivity contribution in [2.75, 3.05) is 6.61 Å². The van der Waals surface area contributed by atoms with Gasteiger partial charge in [0.1, 0.15) is 12.6 Å². The fraction of sp³-hybridized carbons (Fsp3) is 0.222. The molecule has 0 saturated heterocycles. The third-order valence-corrected chi connectivity index (χ3v) is 5.03. The predicted octanol–water partition coefficient (Wildman–Crippen LogP) is 3.69. The lowest BCUT2D eigenvalue weighted by atomic mass is 10.1. The summed E-state index contributed by atoms with van der Waals surface area (Å²) in [5.74, 6) is -1.15. The van der Waals surface area contributed by atoms with Crippen LogP contribution in [-0.4, -0.2) is 30.6 Å². The zero-order chi connectivity index (χ0) is 24.2. The van der Waals surface area contributed by atoms with E-state index in [0.29, 0.717) is 6.54 Å². The van der Waals surface area contributed by atoms with E-state index in [1.54, 1.807) is 0 Å². The fourth-order valence-electron chi connectivity index (χ4n) is 3.15. The quantitative estimate of drug-likeness (QED) is 0.450. The van der Waals surface area contributed by atoms with Crippen molar-refractivity contribution >= 4 is 18.0 Å². The van der Waals surface area contributed by atoms with E-state index in [0.717, 1.165) is 22.3 Å². The number of ether oxygens (including phenoxy) is 2. The molecule has 176 valence electrons. The van der Waals surface area contributed by atoms with E-state index in [9.17, 15) is 14.4 Å². The maximum Gasteiger partial charge on any atom is 0.408 e. The van der Waals surface area contributed by atoms with Crippen LogP contribution in [0.1, 0.15) is 22.3 Å². The van der Waals surface area contributed by atoms with Gasteiger partial charge in [0.2, 0.25) is 0 Å². The van der Waals surface area contributed by atoms with Crippen LogP contribution < -0.4 is 10.6 Å². The first-order valence-electron chi connectivity index (χ1n) is 11.0. The van der Waals surface area contributed by atoms with Crippen LogP contribution in [0.4, 0.5) is 4.79 Å². The number of benzene rings is 3. The SMILES string of the molecule is Cc1ccc(CNC(=O)COC(=O)[C@H](Cc2ccccc2)NC(=O)OCc2ccccc2)cc1.